The van der Waals surface area contributed by atoms with Gasteiger partial charge in [-0.05, 0) is 82.8 Å². The molecule has 0 aliphatic carbocycles. The SMILES string of the molecule is C[C@H]1CCCN(C(=O)c2cccc(OC3CCN(C4CCN(C)CC4)CC3)c2)C1. The number of likely N-dealkylation sites (tertiary alicyclic amines) is 3. The van der Waals surface area contributed by atoms with Crippen LogP contribution in [0.1, 0.15) is 55.8 Å². The summed E-state index contributed by atoms with van der Waals surface area (Å²) in [5.74, 6) is 1.60. The van der Waals surface area contributed by atoms with Gasteiger partial charge in [0, 0.05) is 37.8 Å². The van der Waals surface area contributed by atoms with Crippen molar-refractivity contribution in [1.29, 1.82) is 0 Å². The Morgan fingerprint density at radius 3 is 2.48 bits per heavy atom. The Hall–Kier alpha value is -1.59. The number of rotatable bonds is 4. The Labute approximate surface area is 176 Å². The minimum absolute atomic E-state index is 0.152. The molecule has 0 unspecified atom stereocenters. The van der Waals surface area contributed by atoms with Gasteiger partial charge in [-0.3, -0.25) is 4.79 Å². The second-order valence-electron chi connectivity index (χ2n) is 9.41. The highest BCUT2D eigenvalue weighted by Gasteiger charge is 2.28. The van der Waals surface area contributed by atoms with E-state index in [0.717, 1.165) is 62.8 Å². The van der Waals surface area contributed by atoms with Crippen LogP contribution in [0.15, 0.2) is 24.3 Å². The van der Waals surface area contributed by atoms with Gasteiger partial charge in [-0.15, -0.1) is 0 Å². The Balaban J connectivity index is 1.29. The van der Waals surface area contributed by atoms with E-state index in [4.69, 9.17) is 4.74 Å². The van der Waals surface area contributed by atoms with Gasteiger partial charge in [0.25, 0.3) is 5.91 Å². The molecule has 0 bridgehead atoms. The highest BCUT2D eigenvalue weighted by atomic mass is 16.5. The van der Waals surface area contributed by atoms with E-state index in [1.54, 1.807) is 0 Å². The molecule has 3 heterocycles. The van der Waals surface area contributed by atoms with E-state index in [9.17, 15) is 4.79 Å². The summed E-state index contributed by atoms with van der Waals surface area (Å²) in [6.45, 7) is 8.68. The number of nitrogens with zero attached hydrogens (tertiary/aromatic N) is 3. The van der Waals surface area contributed by atoms with Crippen molar-refractivity contribution >= 4 is 5.91 Å². The van der Waals surface area contributed by atoms with E-state index < -0.39 is 0 Å². The van der Waals surface area contributed by atoms with Gasteiger partial charge >= 0.3 is 0 Å². The normalized spacial score (nSPS) is 25.9. The highest BCUT2D eigenvalue weighted by molar-refractivity contribution is 5.94. The van der Waals surface area contributed by atoms with Gasteiger partial charge in [0.05, 0.1) is 0 Å². The van der Waals surface area contributed by atoms with Gasteiger partial charge in [0.1, 0.15) is 11.9 Å². The minimum Gasteiger partial charge on any atom is -0.490 e. The Kier molecular flexibility index (Phi) is 6.76. The molecule has 3 fully saturated rings. The van der Waals surface area contributed by atoms with E-state index in [1.165, 1.54) is 32.4 Å². The molecule has 1 aromatic carbocycles. The molecule has 3 aliphatic rings. The zero-order valence-electron chi connectivity index (χ0n) is 18.2. The molecular weight excluding hydrogens is 362 g/mol. The fourth-order valence-corrected chi connectivity index (χ4v) is 5.17. The van der Waals surface area contributed by atoms with Crippen LogP contribution in [0.5, 0.6) is 5.75 Å². The lowest BCUT2D eigenvalue weighted by atomic mass is 9.99. The largest absolute Gasteiger partial charge is 0.490 e. The van der Waals surface area contributed by atoms with Gasteiger partial charge in [0.15, 0.2) is 0 Å². The maximum atomic E-state index is 12.9. The van der Waals surface area contributed by atoms with Gasteiger partial charge in [-0.1, -0.05) is 13.0 Å². The van der Waals surface area contributed by atoms with Crippen LogP contribution in [-0.4, -0.2) is 79.1 Å². The van der Waals surface area contributed by atoms with Crippen molar-refractivity contribution in [3.8, 4) is 5.75 Å². The molecule has 29 heavy (non-hydrogen) atoms. The molecule has 3 saturated heterocycles. The number of amides is 1. The van der Waals surface area contributed by atoms with Crippen LogP contribution in [0, 0.1) is 5.92 Å². The highest BCUT2D eigenvalue weighted by Crippen LogP contribution is 2.25. The van der Waals surface area contributed by atoms with Crippen LogP contribution in [0.2, 0.25) is 0 Å². The first-order valence-electron chi connectivity index (χ1n) is 11.6. The summed E-state index contributed by atoms with van der Waals surface area (Å²) in [6, 6.07) is 8.59. The van der Waals surface area contributed by atoms with E-state index in [-0.39, 0.29) is 12.0 Å². The van der Waals surface area contributed by atoms with E-state index in [2.05, 4.69) is 23.8 Å². The Morgan fingerprint density at radius 1 is 1.00 bits per heavy atom. The maximum Gasteiger partial charge on any atom is 0.253 e. The first kappa shape index (κ1) is 20.7. The fraction of sp³-hybridized carbons (Fsp3) is 0.708. The lowest BCUT2D eigenvalue weighted by Crippen LogP contribution is -2.48. The molecule has 0 aromatic heterocycles. The van der Waals surface area contributed by atoms with E-state index in [0.29, 0.717) is 5.92 Å². The Morgan fingerprint density at radius 2 is 1.76 bits per heavy atom. The van der Waals surface area contributed by atoms with E-state index in [1.807, 2.05) is 29.2 Å². The van der Waals surface area contributed by atoms with Gasteiger partial charge in [-0.25, -0.2) is 0 Å². The topological polar surface area (TPSA) is 36.0 Å². The summed E-state index contributed by atoms with van der Waals surface area (Å²) in [7, 11) is 2.22. The molecule has 0 spiro atoms. The molecule has 3 aliphatic heterocycles. The molecule has 1 atom stereocenters. The predicted molar refractivity (Wildman–Crippen MR) is 116 cm³/mol. The molecule has 0 saturated carbocycles. The fourth-order valence-electron chi connectivity index (χ4n) is 5.17. The van der Waals surface area contributed by atoms with Crippen LogP contribution in [0.3, 0.4) is 0 Å². The van der Waals surface area contributed by atoms with E-state index >= 15 is 0 Å². The van der Waals surface area contributed by atoms with Crippen molar-refractivity contribution in [2.45, 2.75) is 57.6 Å². The minimum atomic E-state index is 0.152. The average molecular weight is 400 g/mol. The van der Waals surface area contributed by atoms with Crippen molar-refractivity contribution in [2.75, 3.05) is 46.3 Å². The summed E-state index contributed by atoms with van der Waals surface area (Å²) in [6.07, 6.45) is 7.34. The average Bonchev–Trinajstić information content (AvgIpc) is 2.75. The third-order valence-electron chi connectivity index (χ3n) is 7.01. The lowest BCUT2D eigenvalue weighted by molar-refractivity contribution is 0.0523. The molecule has 1 amide bonds. The number of piperidine rings is 3. The quantitative estimate of drug-likeness (QED) is 0.776. The summed E-state index contributed by atoms with van der Waals surface area (Å²) >= 11 is 0. The number of ether oxygens (including phenoxy) is 1. The number of hydrogen-bond acceptors (Lipinski definition) is 4. The molecule has 5 heteroatoms. The van der Waals surface area contributed by atoms with Crippen molar-refractivity contribution < 1.29 is 9.53 Å². The number of hydrogen-bond donors (Lipinski definition) is 0. The zero-order chi connectivity index (χ0) is 20.2. The van der Waals surface area contributed by atoms with Gasteiger partial charge in [-0.2, -0.15) is 0 Å². The molecule has 0 radical (unpaired) electrons. The predicted octanol–water partition coefficient (Wildman–Crippen LogP) is 3.50. The molecule has 4 rings (SSSR count). The summed E-state index contributed by atoms with van der Waals surface area (Å²) < 4.78 is 6.30. The van der Waals surface area contributed by atoms with Gasteiger partial charge < -0.3 is 19.4 Å². The zero-order valence-corrected chi connectivity index (χ0v) is 18.2. The number of carbonyl (C=O) groups is 1. The van der Waals surface area contributed by atoms with Crippen molar-refractivity contribution in [1.82, 2.24) is 14.7 Å². The molecule has 5 nitrogen and oxygen atoms in total. The second kappa shape index (κ2) is 9.48. The lowest BCUT2D eigenvalue weighted by Gasteiger charge is -2.41. The summed E-state index contributed by atoms with van der Waals surface area (Å²) in [5, 5.41) is 0. The summed E-state index contributed by atoms with van der Waals surface area (Å²) in [4.78, 5) is 20.0. The number of carbonyl (C=O) groups excluding carboxylic acids is 1. The molecule has 160 valence electrons. The van der Waals surface area contributed by atoms with Crippen LogP contribution in [-0.2, 0) is 0 Å². The number of benzene rings is 1. The molecular formula is C24H37N3O2. The van der Waals surface area contributed by atoms with Crippen LogP contribution in [0.25, 0.3) is 0 Å². The monoisotopic (exact) mass is 399 g/mol. The first-order chi connectivity index (χ1) is 14.1. The Bertz CT molecular complexity index is 678. The van der Waals surface area contributed by atoms with Crippen molar-refractivity contribution in [2.24, 2.45) is 5.92 Å². The second-order valence-corrected chi connectivity index (χ2v) is 9.41. The van der Waals surface area contributed by atoms with Crippen molar-refractivity contribution in [3.05, 3.63) is 29.8 Å². The molecule has 0 N–H and O–H groups in total. The standard InChI is InChI=1S/C24H37N3O2/c1-19-5-4-12-27(18-19)24(28)20-6-3-7-23(17-20)29-22-10-15-26(16-11-22)21-8-13-25(2)14-9-21/h3,6-7,17,19,21-22H,4-5,8-16,18H2,1-2H3/t19-/m0/s1. The van der Waals surface area contributed by atoms with Crippen LogP contribution in [0.4, 0.5) is 0 Å². The van der Waals surface area contributed by atoms with Crippen LogP contribution < -0.4 is 4.74 Å². The summed E-state index contributed by atoms with van der Waals surface area (Å²) in [5.41, 5.74) is 0.764. The third-order valence-corrected chi connectivity index (χ3v) is 7.01. The first-order valence-corrected chi connectivity index (χ1v) is 11.6. The van der Waals surface area contributed by atoms with Gasteiger partial charge in [0.2, 0.25) is 0 Å². The van der Waals surface area contributed by atoms with Crippen LogP contribution >= 0.6 is 0 Å². The van der Waals surface area contributed by atoms with Crippen molar-refractivity contribution in [3.63, 3.8) is 0 Å². The maximum absolute atomic E-state index is 12.9. The third kappa shape index (κ3) is 5.32. The molecule has 1 aromatic rings. The smallest absolute Gasteiger partial charge is 0.253 e.